The van der Waals surface area contributed by atoms with Gasteiger partial charge in [0.25, 0.3) is 5.56 Å². The Bertz CT molecular complexity index is 1150. The molecule has 1 aliphatic rings. The van der Waals surface area contributed by atoms with Crippen LogP contribution in [0.15, 0.2) is 76.9 Å². The molecule has 1 fully saturated rings. The zero-order chi connectivity index (χ0) is 18.2. The van der Waals surface area contributed by atoms with Crippen molar-refractivity contribution in [1.82, 2.24) is 19.3 Å². The van der Waals surface area contributed by atoms with Crippen LogP contribution in [0.3, 0.4) is 0 Å². The fraction of sp³-hybridized carbons (Fsp3) is 0.190. The molecule has 0 spiro atoms. The Labute approximate surface area is 160 Å². The van der Waals surface area contributed by atoms with Gasteiger partial charge in [0.05, 0.1) is 16.6 Å². The molecule has 0 atom stereocenters. The van der Waals surface area contributed by atoms with Crippen molar-refractivity contribution in [1.29, 1.82) is 0 Å². The Kier molecular flexibility index (Phi) is 4.05. The molecule has 0 aliphatic heterocycles. The fourth-order valence-electron chi connectivity index (χ4n) is 3.20. The van der Waals surface area contributed by atoms with Gasteiger partial charge in [0.15, 0.2) is 5.16 Å². The number of para-hydroxylation sites is 1. The molecule has 5 nitrogen and oxygen atoms in total. The van der Waals surface area contributed by atoms with Gasteiger partial charge in [0, 0.05) is 24.2 Å². The second-order valence-corrected chi connectivity index (χ2v) is 7.67. The minimum absolute atomic E-state index is 0.0830. The summed E-state index contributed by atoms with van der Waals surface area (Å²) in [6.07, 6.45) is 5.82. The lowest BCUT2D eigenvalue weighted by Gasteiger charge is -2.12. The highest BCUT2D eigenvalue weighted by Crippen LogP contribution is 2.37. The molecular formula is C21H18N4OS. The first kappa shape index (κ1) is 16.3. The van der Waals surface area contributed by atoms with E-state index in [1.54, 1.807) is 18.0 Å². The summed E-state index contributed by atoms with van der Waals surface area (Å²) in [6, 6.07) is 18.1. The number of rotatable bonds is 5. The maximum atomic E-state index is 12.9. The summed E-state index contributed by atoms with van der Waals surface area (Å²) in [4.78, 5) is 17.7. The van der Waals surface area contributed by atoms with Crippen LogP contribution in [0.2, 0.25) is 0 Å². The van der Waals surface area contributed by atoms with E-state index in [1.807, 2.05) is 45.8 Å². The summed E-state index contributed by atoms with van der Waals surface area (Å²) in [7, 11) is 0. The van der Waals surface area contributed by atoms with Crippen molar-refractivity contribution in [2.45, 2.75) is 29.8 Å². The number of nitrogens with zero attached hydrogens (tertiary/aromatic N) is 4. The predicted molar refractivity (Wildman–Crippen MR) is 107 cm³/mol. The van der Waals surface area contributed by atoms with E-state index >= 15 is 0 Å². The second kappa shape index (κ2) is 6.70. The Hall–Kier alpha value is -2.86. The fourth-order valence-corrected chi connectivity index (χ4v) is 4.22. The molecule has 4 aromatic rings. The highest BCUT2D eigenvalue weighted by Gasteiger charge is 2.28. The molecule has 0 unspecified atom stereocenters. The van der Waals surface area contributed by atoms with Crippen molar-refractivity contribution in [3.63, 3.8) is 0 Å². The average molecular weight is 374 g/mol. The number of fused-ring (bicyclic) bond motifs is 1. The van der Waals surface area contributed by atoms with Crippen molar-refractivity contribution in [2.24, 2.45) is 0 Å². The van der Waals surface area contributed by atoms with Crippen molar-refractivity contribution in [3.8, 4) is 5.69 Å². The van der Waals surface area contributed by atoms with Crippen LogP contribution in [0.4, 0.5) is 0 Å². The summed E-state index contributed by atoms with van der Waals surface area (Å²) in [5, 5.41) is 5.77. The lowest BCUT2D eigenvalue weighted by atomic mass is 10.2. The van der Waals surface area contributed by atoms with Crippen LogP contribution < -0.4 is 5.56 Å². The van der Waals surface area contributed by atoms with Crippen LogP contribution in [0.1, 0.15) is 24.4 Å². The SMILES string of the molecule is O=c1c2ccccc2nc(SCc2ccc(-n3cccn3)cc2)n1C1CC1. The van der Waals surface area contributed by atoms with Crippen LogP contribution in [0, 0.1) is 0 Å². The monoisotopic (exact) mass is 374 g/mol. The van der Waals surface area contributed by atoms with Crippen molar-refractivity contribution in [2.75, 3.05) is 0 Å². The molecule has 134 valence electrons. The van der Waals surface area contributed by atoms with E-state index in [-0.39, 0.29) is 5.56 Å². The minimum Gasteiger partial charge on any atom is -0.284 e. The van der Waals surface area contributed by atoms with Gasteiger partial charge >= 0.3 is 0 Å². The number of benzene rings is 2. The molecule has 27 heavy (non-hydrogen) atoms. The molecular weight excluding hydrogens is 356 g/mol. The molecule has 2 aromatic carbocycles. The lowest BCUT2D eigenvalue weighted by molar-refractivity contribution is 0.618. The van der Waals surface area contributed by atoms with Crippen LogP contribution in [-0.4, -0.2) is 19.3 Å². The third kappa shape index (κ3) is 3.17. The maximum Gasteiger partial charge on any atom is 0.262 e. The van der Waals surface area contributed by atoms with Gasteiger partial charge in [-0.25, -0.2) is 9.67 Å². The number of hydrogen-bond acceptors (Lipinski definition) is 4. The zero-order valence-corrected chi connectivity index (χ0v) is 15.5. The molecule has 0 bridgehead atoms. The first-order valence-corrected chi connectivity index (χ1v) is 10.0. The standard InChI is InChI=1S/C21H18N4OS/c26-20-18-4-1-2-5-19(18)23-21(25(20)17-10-11-17)27-14-15-6-8-16(9-7-15)24-13-3-12-22-24/h1-9,12-13,17H,10-11,14H2. The zero-order valence-electron chi connectivity index (χ0n) is 14.7. The summed E-state index contributed by atoms with van der Waals surface area (Å²) in [6.45, 7) is 0. The molecule has 0 radical (unpaired) electrons. The van der Waals surface area contributed by atoms with Gasteiger partial charge in [-0.05, 0) is 48.7 Å². The molecule has 6 heteroatoms. The predicted octanol–water partition coefficient (Wildman–Crippen LogP) is 4.21. The van der Waals surface area contributed by atoms with E-state index in [9.17, 15) is 4.79 Å². The van der Waals surface area contributed by atoms with Crippen LogP contribution in [-0.2, 0) is 5.75 Å². The summed E-state index contributed by atoms with van der Waals surface area (Å²) >= 11 is 1.63. The second-order valence-electron chi connectivity index (χ2n) is 6.72. The van der Waals surface area contributed by atoms with E-state index in [2.05, 4.69) is 29.4 Å². The molecule has 2 aromatic heterocycles. The topological polar surface area (TPSA) is 52.7 Å². The molecule has 5 rings (SSSR count). The van der Waals surface area contributed by atoms with E-state index < -0.39 is 0 Å². The van der Waals surface area contributed by atoms with Gasteiger partial charge in [-0.15, -0.1) is 0 Å². The van der Waals surface area contributed by atoms with Crippen LogP contribution in [0.5, 0.6) is 0 Å². The smallest absolute Gasteiger partial charge is 0.262 e. The quantitative estimate of drug-likeness (QED) is 0.388. The van der Waals surface area contributed by atoms with Gasteiger partial charge in [-0.1, -0.05) is 36.0 Å². The van der Waals surface area contributed by atoms with Crippen LogP contribution >= 0.6 is 11.8 Å². The third-order valence-corrected chi connectivity index (χ3v) is 5.78. The van der Waals surface area contributed by atoms with Gasteiger partial charge in [-0.3, -0.25) is 9.36 Å². The lowest BCUT2D eigenvalue weighted by Crippen LogP contribution is -2.22. The third-order valence-electron chi connectivity index (χ3n) is 4.76. The molecule has 1 aliphatic carbocycles. The average Bonchev–Trinajstić information content (AvgIpc) is 3.39. The number of aromatic nitrogens is 4. The van der Waals surface area contributed by atoms with Gasteiger partial charge in [-0.2, -0.15) is 5.10 Å². The largest absolute Gasteiger partial charge is 0.284 e. The van der Waals surface area contributed by atoms with E-state index in [4.69, 9.17) is 4.98 Å². The normalized spacial score (nSPS) is 13.9. The summed E-state index contributed by atoms with van der Waals surface area (Å²) in [5.41, 5.74) is 3.09. The number of thioether (sulfide) groups is 1. The van der Waals surface area contributed by atoms with Crippen molar-refractivity contribution >= 4 is 22.7 Å². The maximum absolute atomic E-state index is 12.9. The summed E-state index contributed by atoms with van der Waals surface area (Å²) < 4.78 is 3.73. The highest BCUT2D eigenvalue weighted by atomic mass is 32.2. The van der Waals surface area contributed by atoms with E-state index in [0.29, 0.717) is 11.4 Å². The molecule has 1 saturated carbocycles. The Morgan fingerprint density at radius 2 is 1.85 bits per heavy atom. The van der Waals surface area contributed by atoms with Gasteiger partial charge in [0.2, 0.25) is 0 Å². The van der Waals surface area contributed by atoms with E-state index in [1.165, 1.54) is 5.56 Å². The molecule has 0 saturated heterocycles. The first-order valence-electron chi connectivity index (χ1n) is 9.02. The van der Waals surface area contributed by atoms with Crippen molar-refractivity contribution in [3.05, 3.63) is 82.9 Å². The highest BCUT2D eigenvalue weighted by molar-refractivity contribution is 7.98. The van der Waals surface area contributed by atoms with E-state index in [0.717, 1.165) is 35.0 Å². The van der Waals surface area contributed by atoms with Gasteiger partial charge < -0.3 is 0 Å². The van der Waals surface area contributed by atoms with Crippen molar-refractivity contribution < 1.29 is 0 Å². The Balaban J connectivity index is 1.43. The van der Waals surface area contributed by atoms with Gasteiger partial charge in [0.1, 0.15) is 0 Å². The first-order chi connectivity index (χ1) is 13.3. The molecule has 2 heterocycles. The number of hydrogen-bond donors (Lipinski definition) is 0. The summed E-state index contributed by atoms with van der Waals surface area (Å²) in [5.74, 6) is 0.775. The Morgan fingerprint density at radius 1 is 1.04 bits per heavy atom. The van der Waals surface area contributed by atoms with Crippen LogP contribution in [0.25, 0.3) is 16.6 Å². The molecule has 0 amide bonds. The molecule has 0 N–H and O–H groups in total. The minimum atomic E-state index is 0.0830. The Morgan fingerprint density at radius 3 is 2.59 bits per heavy atom.